The number of thiophene rings is 1. The van der Waals surface area contributed by atoms with Crippen LogP contribution in [0.2, 0.25) is 0 Å². The van der Waals surface area contributed by atoms with Gasteiger partial charge in [0.05, 0.1) is 9.35 Å². The third-order valence-electron chi connectivity index (χ3n) is 3.09. The molecule has 104 valence electrons. The fourth-order valence-electron chi connectivity index (χ4n) is 2.09. The molecule has 1 aromatic heterocycles. The number of hydrogen-bond donors (Lipinski definition) is 1. The van der Waals surface area contributed by atoms with E-state index in [4.69, 9.17) is 0 Å². The quantitative estimate of drug-likeness (QED) is 0.665. The first-order chi connectivity index (χ1) is 10.2. The highest BCUT2D eigenvalue weighted by Gasteiger charge is 2.11. The molecule has 2 nitrogen and oxygen atoms in total. The summed E-state index contributed by atoms with van der Waals surface area (Å²) in [6.07, 6.45) is 0. The second-order valence-electron chi connectivity index (χ2n) is 4.51. The average Bonchev–Trinajstić information content (AvgIpc) is 2.95. The zero-order chi connectivity index (χ0) is 14.7. The number of carbonyl (C=O) groups excluding carboxylic acids is 1. The van der Waals surface area contributed by atoms with Crippen molar-refractivity contribution in [2.75, 3.05) is 5.32 Å². The molecule has 1 amide bonds. The summed E-state index contributed by atoms with van der Waals surface area (Å²) in [7, 11) is 0. The van der Waals surface area contributed by atoms with Crippen LogP contribution in [0.15, 0.2) is 69.8 Å². The fraction of sp³-hybridized carbons (Fsp3) is 0. The molecule has 0 bridgehead atoms. The predicted octanol–water partition coefficient (Wildman–Crippen LogP) is 5.43. The van der Waals surface area contributed by atoms with Gasteiger partial charge < -0.3 is 5.32 Å². The number of para-hydroxylation sites is 1. The highest BCUT2D eigenvalue weighted by Crippen LogP contribution is 2.28. The van der Waals surface area contributed by atoms with E-state index in [2.05, 4.69) is 21.2 Å². The Labute approximate surface area is 135 Å². The van der Waals surface area contributed by atoms with E-state index in [1.807, 2.05) is 66.0 Å². The Morgan fingerprint density at radius 3 is 2.43 bits per heavy atom. The molecule has 1 N–H and O–H groups in total. The van der Waals surface area contributed by atoms with Gasteiger partial charge in [-0.3, -0.25) is 4.79 Å². The van der Waals surface area contributed by atoms with Crippen LogP contribution >= 0.6 is 27.3 Å². The van der Waals surface area contributed by atoms with Crippen LogP contribution in [-0.4, -0.2) is 5.91 Å². The Hall–Kier alpha value is -1.91. The van der Waals surface area contributed by atoms with E-state index in [0.29, 0.717) is 5.56 Å². The molecule has 21 heavy (non-hydrogen) atoms. The number of amides is 1. The van der Waals surface area contributed by atoms with E-state index >= 15 is 0 Å². The highest BCUT2D eigenvalue weighted by molar-refractivity contribution is 9.11. The molecule has 0 atom stereocenters. The zero-order valence-corrected chi connectivity index (χ0v) is 13.4. The van der Waals surface area contributed by atoms with E-state index in [-0.39, 0.29) is 5.91 Å². The van der Waals surface area contributed by atoms with Crippen LogP contribution in [-0.2, 0) is 0 Å². The van der Waals surface area contributed by atoms with Gasteiger partial charge in [0.25, 0.3) is 5.91 Å². The Kier molecular flexibility index (Phi) is 4.18. The first-order valence-corrected chi connectivity index (χ1v) is 8.11. The molecule has 0 saturated heterocycles. The van der Waals surface area contributed by atoms with Crippen molar-refractivity contribution in [3.63, 3.8) is 0 Å². The summed E-state index contributed by atoms with van der Waals surface area (Å²) < 4.78 is 0.948. The van der Waals surface area contributed by atoms with Crippen molar-refractivity contribution < 1.29 is 4.79 Å². The van der Waals surface area contributed by atoms with Crippen LogP contribution < -0.4 is 5.32 Å². The molecule has 0 radical (unpaired) electrons. The molecule has 0 unspecified atom stereocenters. The van der Waals surface area contributed by atoms with E-state index in [1.54, 1.807) is 0 Å². The van der Waals surface area contributed by atoms with Crippen LogP contribution in [0.25, 0.3) is 11.1 Å². The van der Waals surface area contributed by atoms with E-state index < -0.39 is 0 Å². The molecule has 0 saturated carbocycles. The largest absolute Gasteiger partial charge is 0.321 e. The molecule has 0 fully saturated rings. The first-order valence-electron chi connectivity index (χ1n) is 6.44. The molecular formula is C17H12BrNOS. The first kappa shape index (κ1) is 14.0. The molecule has 4 heteroatoms. The van der Waals surface area contributed by atoms with Crippen molar-refractivity contribution in [1.29, 1.82) is 0 Å². The van der Waals surface area contributed by atoms with Gasteiger partial charge in [0.15, 0.2) is 0 Å². The van der Waals surface area contributed by atoms with Gasteiger partial charge in [-0.1, -0.05) is 48.5 Å². The normalized spacial score (nSPS) is 10.3. The summed E-state index contributed by atoms with van der Waals surface area (Å²) in [5, 5.41) is 4.82. The monoisotopic (exact) mass is 357 g/mol. The Bertz CT molecular complexity index is 767. The van der Waals surface area contributed by atoms with Crippen molar-refractivity contribution in [2.45, 2.75) is 0 Å². The lowest BCUT2D eigenvalue weighted by Crippen LogP contribution is -2.11. The lowest BCUT2D eigenvalue weighted by molar-refractivity contribution is 0.102. The minimum Gasteiger partial charge on any atom is -0.321 e. The van der Waals surface area contributed by atoms with Crippen molar-refractivity contribution in [2.24, 2.45) is 0 Å². The van der Waals surface area contributed by atoms with Gasteiger partial charge >= 0.3 is 0 Å². The van der Waals surface area contributed by atoms with Gasteiger partial charge in [0.1, 0.15) is 0 Å². The summed E-state index contributed by atoms with van der Waals surface area (Å²) in [6, 6.07) is 19.7. The predicted molar refractivity (Wildman–Crippen MR) is 91.9 cm³/mol. The summed E-state index contributed by atoms with van der Waals surface area (Å²) in [4.78, 5) is 12.3. The fourth-order valence-corrected chi connectivity index (χ4v) is 3.22. The SMILES string of the molecule is O=C(Nc1ccccc1-c1ccccc1)c1csc(Br)c1. The summed E-state index contributed by atoms with van der Waals surface area (Å²) in [6.45, 7) is 0. The van der Waals surface area contributed by atoms with Gasteiger partial charge in [-0.25, -0.2) is 0 Å². The maximum atomic E-state index is 12.3. The van der Waals surface area contributed by atoms with E-state index in [0.717, 1.165) is 20.6 Å². The molecule has 1 heterocycles. The lowest BCUT2D eigenvalue weighted by atomic mass is 10.0. The lowest BCUT2D eigenvalue weighted by Gasteiger charge is -2.10. The Morgan fingerprint density at radius 2 is 1.71 bits per heavy atom. The smallest absolute Gasteiger partial charge is 0.256 e. The minimum absolute atomic E-state index is 0.0969. The molecule has 0 aliphatic rings. The second kappa shape index (κ2) is 6.24. The maximum absolute atomic E-state index is 12.3. The van der Waals surface area contributed by atoms with Crippen molar-refractivity contribution in [3.8, 4) is 11.1 Å². The standard InChI is InChI=1S/C17H12BrNOS/c18-16-10-13(11-21-16)17(20)19-15-9-5-4-8-14(15)12-6-2-1-3-7-12/h1-11H,(H,19,20). The van der Waals surface area contributed by atoms with Crippen LogP contribution in [0.4, 0.5) is 5.69 Å². The molecule has 3 aromatic rings. The van der Waals surface area contributed by atoms with Crippen molar-refractivity contribution in [1.82, 2.24) is 0 Å². The number of hydrogen-bond acceptors (Lipinski definition) is 2. The number of carbonyl (C=O) groups is 1. The third kappa shape index (κ3) is 3.23. The number of anilines is 1. The number of benzene rings is 2. The van der Waals surface area contributed by atoms with E-state index in [9.17, 15) is 4.79 Å². The molecule has 0 aliphatic heterocycles. The molecule has 3 rings (SSSR count). The summed E-state index contributed by atoms with van der Waals surface area (Å²) in [5.74, 6) is -0.0969. The maximum Gasteiger partial charge on any atom is 0.256 e. The van der Waals surface area contributed by atoms with Crippen LogP contribution in [0, 0.1) is 0 Å². The average molecular weight is 358 g/mol. The molecular weight excluding hydrogens is 346 g/mol. The van der Waals surface area contributed by atoms with Gasteiger partial charge in [-0.2, -0.15) is 0 Å². The Morgan fingerprint density at radius 1 is 1.00 bits per heavy atom. The third-order valence-corrected chi connectivity index (χ3v) is 4.59. The van der Waals surface area contributed by atoms with Gasteiger partial charge in [0.2, 0.25) is 0 Å². The van der Waals surface area contributed by atoms with Gasteiger partial charge in [-0.15, -0.1) is 11.3 Å². The van der Waals surface area contributed by atoms with Gasteiger partial charge in [0, 0.05) is 16.6 Å². The molecule has 0 aliphatic carbocycles. The van der Waals surface area contributed by atoms with Crippen molar-refractivity contribution in [3.05, 3.63) is 75.4 Å². The van der Waals surface area contributed by atoms with Crippen molar-refractivity contribution >= 4 is 38.9 Å². The van der Waals surface area contributed by atoms with Crippen LogP contribution in [0.5, 0.6) is 0 Å². The van der Waals surface area contributed by atoms with Gasteiger partial charge in [-0.05, 0) is 33.6 Å². The molecule has 2 aromatic carbocycles. The summed E-state index contributed by atoms with van der Waals surface area (Å²) >= 11 is 4.88. The number of halogens is 1. The number of rotatable bonds is 3. The zero-order valence-electron chi connectivity index (χ0n) is 11.0. The highest BCUT2D eigenvalue weighted by atomic mass is 79.9. The summed E-state index contributed by atoms with van der Waals surface area (Å²) in [5.41, 5.74) is 3.58. The number of nitrogens with one attached hydrogen (secondary N) is 1. The second-order valence-corrected chi connectivity index (χ2v) is 6.80. The minimum atomic E-state index is -0.0969. The Balaban J connectivity index is 1.91. The van der Waals surface area contributed by atoms with E-state index in [1.165, 1.54) is 11.3 Å². The van der Waals surface area contributed by atoms with Crippen LogP contribution in [0.1, 0.15) is 10.4 Å². The van der Waals surface area contributed by atoms with Crippen LogP contribution in [0.3, 0.4) is 0 Å². The molecule has 0 spiro atoms. The topological polar surface area (TPSA) is 29.1 Å².